The van der Waals surface area contributed by atoms with Crippen LogP contribution in [0.4, 0.5) is 0 Å². The number of nitrogens with one attached hydrogen (secondary N) is 1. The van der Waals surface area contributed by atoms with E-state index in [-0.39, 0.29) is 11.9 Å². The summed E-state index contributed by atoms with van der Waals surface area (Å²) in [5, 5.41) is 8.47. The molecule has 1 saturated heterocycles. The first-order valence-electron chi connectivity index (χ1n) is 10.6. The van der Waals surface area contributed by atoms with Crippen LogP contribution in [0.15, 0.2) is 47.1 Å². The number of carbonyl (C=O) groups is 1. The van der Waals surface area contributed by atoms with Gasteiger partial charge >= 0.3 is 0 Å². The molecule has 3 aromatic rings. The Morgan fingerprint density at radius 2 is 1.94 bits per heavy atom. The summed E-state index contributed by atoms with van der Waals surface area (Å²) >= 11 is 12.8. The molecule has 1 amide bonds. The molecule has 1 unspecified atom stereocenters. The molecule has 8 heteroatoms. The zero-order valence-corrected chi connectivity index (χ0v) is 19.0. The molecule has 1 aromatic carbocycles. The van der Waals surface area contributed by atoms with Crippen LogP contribution in [0.25, 0.3) is 0 Å². The summed E-state index contributed by atoms with van der Waals surface area (Å²) < 4.78 is 7.28. The molecule has 1 atom stereocenters. The Morgan fingerprint density at radius 3 is 2.65 bits per heavy atom. The van der Waals surface area contributed by atoms with E-state index in [1.54, 1.807) is 17.9 Å². The van der Waals surface area contributed by atoms with Crippen molar-refractivity contribution in [3.63, 3.8) is 0 Å². The molecule has 31 heavy (non-hydrogen) atoms. The Bertz CT molecular complexity index is 1030. The van der Waals surface area contributed by atoms with Crippen LogP contribution < -0.4 is 5.32 Å². The number of benzene rings is 1. The van der Waals surface area contributed by atoms with Crippen molar-refractivity contribution in [1.82, 2.24) is 20.0 Å². The highest BCUT2D eigenvalue weighted by Gasteiger charge is 2.27. The molecule has 0 spiro atoms. The summed E-state index contributed by atoms with van der Waals surface area (Å²) in [5.74, 6) is 0.626. The van der Waals surface area contributed by atoms with Crippen LogP contribution in [-0.2, 0) is 6.54 Å². The van der Waals surface area contributed by atoms with Crippen LogP contribution in [0.1, 0.15) is 52.7 Å². The minimum absolute atomic E-state index is 0.00324. The predicted octanol–water partition coefficient (Wildman–Crippen LogP) is 5.10. The number of aryl methyl sites for hydroxylation is 1. The molecule has 2 aromatic heterocycles. The molecule has 4 rings (SSSR count). The quantitative estimate of drug-likeness (QED) is 0.532. The van der Waals surface area contributed by atoms with E-state index < -0.39 is 0 Å². The fourth-order valence-corrected chi connectivity index (χ4v) is 4.62. The number of nitrogens with zero attached hydrogens (tertiary/aromatic N) is 3. The first-order valence-corrected chi connectivity index (χ1v) is 11.3. The molecule has 3 heterocycles. The minimum Gasteiger partial charge on any atom is -0.468 e. The largest absolute Gasteiger partial charge is 0.468 e. The van der Waals surface area contributed by atoms with Gasteiger partial charge in [0.15, 0.2) is 0 Å². The van der Waals surface area contributed by atoms with E-state index in [0.717, 1.165) is 37.3 Å². The lowest BCUT2D eigenvalue weighted by Crippen LogP contribution is -2.40. The summed E-state index contributed by atoms with van der Waals surface area (Å²) in [4.78, 5) is 15.4. The van der Waals surface area contributed by atoms with E-state index in [1.165, 1.54) is 6.42 Å². The van der Waals surface area contributed by atoms with Gasteiger partial charge in [-0.15, -0.1) is 0 Å². The zero-order valence-electron chi connectivity index (χ0n) is 17.5. The average Bonchev–Trinajstić information content (AvgIpc) is 3.39. The van der Waals surface area contributed by atoms with Crippen LogP contribution in [0.5, 0.6) is 0 Å². The third-order valence-electron chi connectivity index (χ3n) is 5.73. The molecule has 1 fully saturated rings. The highest BCUT2D eigenvalue weighted by atomic mass is 35.5. The van der Waals surface area contributed by atoms with Gasteiger partial charge in [0.2, 0.25) is 0 Å². The van der Waals surface area contributed by atoms with E-state index in [0.29, 0.717) is 34.5 Å². The van der Waals surface area contributed by atoms with Gasteiger partial charge < -0.3 is 9.73 Å². The van der Waals surface area contributed by atoms with E-state index >= 15 is 0 Å². The molecular weight excluding hydrogens is 435 g/mol. The normalized spacial score (nSPS) is 15.7. The number of amides is 1. The third-order valence-corrected chi connectivity index (χ3v) is 6.48. The summed E-state index contributed by atoms with van der Waals surface area (Å²) in [6.07, 6.45) is 5.23. The molecule has 0 aliphatic carbocycles. The molecule has 1 aliphatic heterocycles. The molecule has 0 saturated carbocycles. The van der Waals surface area contributed by atoms with E-state index in [9.17, 15) is 4.79 Å². The van der Waals surface area contributed by atoms with Gasteiger partial charge in [0, 0.05) is 11.6 Å². The van der Waals surface area contributed by atoms with Gasteiger partial charge in [0.25, 0.3) is 5.91 Å². The first kappa shape index (κ1) is 21.9. The van der Waals surface area contributed by atoms with E-state index in [2.05, 4.69) is 15.3 Å². The molecule has 0 radical (unpaired) electrons. The second-order valence-corrected chi connectivity index (χ2v) is 8.60. The summed E-state index contributed by atoms with van der Waals surface area (Å²) in [7, 11) is 0. The lowest BCUT2D eigenvalue weighted by molar-refractivity contribution is 0.0913. The number of hydrogen-bond acceptors (Lipinski definition) is 4. The number of likely N-dealkylation sites (tertiary alicyclic amines) is 1. The number of furan rings is 1. The topological polar surface area (TPSA) is 63.3 Å². The smallest absolute Gasteiger partial charge is 0.256 e. The van der Waals surface area contributed by atoms with Gasteiger partial charge in [-0.2, -0.15) is 5.10 Å². The molecule has 1 aliphatic rings. The van der Waals surface area contributed by atoms with Crippen LogP contribution >= 0.6 is 23.2 Å². The Balaban J connectivity index is 1.49. The maximum Gasteiger partial charge on any atom is 0.256 e. The van der Waals surface area contributed by atoms with Crippen LogP contribution in [0, 0.1) is 6.92 Å². The highest BCUT2D eigenvalue weighted by Crippen LogP contribution is 2.26. The van der Waals surface area contributed by atoms with E-state index in [4.69, 9.17) is 27.6 Å². The van der Waals surface area contributed by atoms with Gasteiger partial charge in [0.05, 0.1) is 30.1 Å². The van der Waals surface area contributed by atoms with Gasteiger partial charge in [-0.05, 0) is 56.6 Å². The lowest BCUT2D eigenvalue weighted by Gasteiger charge is -2.33. The van der Waals surface area contributed by atoms with Crippen LogP contribution in [-0.4, -0.2) is 40.2 Å². The maximum atomic E-state index is 13.1. The monoisotopic (exact) mass is 460 g/mol. The maximum absolute atomic E-state index is 13.1. The second-order valence-electron chi connectivity index (χ2n) is 7.84. The number of hydrogen-bond donors (Lipinski definition) is 1. The van der Waals surface area contributed by atoms with Gasteiger partial charge in [-0.25, -0.2) is 4.68 Å². The van der Waals surface area contributed by atoms with Crippen molar-refractivity contribution in [2.45, 2.75) is 38.8 Å². The average molecular weight is 461 g/mol. The van der Waals surface area contributed by atoms with Crippen molar-refractivity contribution in [2.24, 2.45) is 0 Å². The van der Waals surface area contributed by atoms with Crippen molar-refractivity contribution < 1.29 is 9.21 Å². The number of aromatic nitrogens is 2. The van der Waals surface area contributed by atoms with Crippen molar-refractivity contribution in [3.8, 4) is 0 Å². The number of halogens is 2. The van der Waals surface area contributed by atoms with Crippen molar-refractivity contribution >= 4 is 29.1 Å². The fraction of sp³-hybridized carbons (Fsp3) is 0.391. The molecule has 6 nitrogen and oxygen atoms in total. The van der Waals surface area contributed by atoms with Gasteiger partial charge in [0.1, 0.15) is 10.9 Å². The van der Waals surface area contributed by atoms with Crippen molar-refractivity contribution in [2.75, 3.05) is 19.6 Å². The Kier molecular flexibility index (Phi) is 7.00. The third kappa shape index (κ3) is 4.97. The van der Waals surface area contributed by atoms with Crippen molar-refractivity contribution in [3.05, 3.63) is 75.4 Å². The number of carbonyl (C=O) groups excluding carboxylic acids is 1. The van der Waals surface area contributed by atoms with E-state index in [1.807, 2.05) is 36.4 Å². The molecule has 0 bridgehead atoms. The lowest BCUT2D eigenvalue weighted by atomic mass is 10.1. The fourth-order valence-electron chi connectivity index (χ4n) is 4.10. The molecule has 1 N–H and O–H groups in total. The molecule has 164 valence electrons. The standard InChI is InChI=1S/C23H26Cl2N4O2/c1-16-21(22(25)29(27-16)15-17-8-3-4-9-18(17)24)23(30)26-14-19(20-10-7-13-31-20)28-11-5-2-6-12-28/h3-4,7-10,13,19H,2,5-6,11-12,14-15H2,1H3,(H,26,30). The zero-order chi connectivity index (χ0) is 21.8. The minimum atomic E-state index is -0.235. The number of rotatable bonds is 7. The molecular formula is C23H26Cl2N4O2. The van der Waals surface area contributed by atoms with Crippen molar-refractivity contribution in [1.29, 1.82) is 0 Å². The Labute approximate surface area is 192 Å². The summed E-state index contributed by atoms with van der Waals surface area (Å²) in [5.41, 5.74) is 1.87. The highest BCUT2D eigenvalue weighted by molar-refractivity contribution is 6.33. The Hall–Kier alpha value is -2.28. The van der Waals surface area contributed by atoms with Gasteiger partial charge in [-0.3, -0.25) is 9.69 Å². The predicted molar refractivity (Wildman–Crippen MR) is 122 cm³/mol. The summed E-state index contributed by atoms with van der Waals surface area (Å²) in [6, 6.07) is 11.4. The summed E-state index contributed by atoms with van der Waals surface area (Å²) in [6.45, 7) is 4.62. The van der Waals surface area contributed by atoms with Crippen LogP contribution in [0.3, 0.4) is 0 Å². The Morgan fingerprint density at radius 1 is 1.16 bits per heavy atom. The second kappa shape index (κ2) is 9.90. The van der Waals surface area contributed by atoms with Gasteiger partial charge in [-0.1, -0.05) is 47.8 Å². The SMILES string of the molecule is Cc1nn(Cc2ccccc2Cl)c(Cl)c1C(=O)NCC(c1ccco1)N1CCCCC1. The van der Waals surface area contributed by atoms with Crippen LogP contribution in [0.2, 0.25) is 10.2 Å². The number of piperidine rings is 1. The first-order chi connectivity index (χ1) is 15.0.